The van der Waals surface area contributed by atoms with Crippen molar-refractivity contribution < 1.29 is 27.1 Å². The number of aromatic nitrogens is 2. The highest BCUT2D eigenvalue weighted by Gasteiger charge is 2.31. The van der Waals surface area contributed by atoms with Crippen LogP contribution in [-0.2, 0) is 6.54 Å². The van der Waals surface area contributed by atoms with E-state index in [1.165, 1.54) is 17.0 Å². The average molecular weight is 440 g/mol. The van der Waals surface area contributed by atoms with E-state index in [-0.39, 0.29) is 29.8 Å². The summed E-state index contributed by atoms with van der Waals surface area (Å²) in [5.74, 6) is -0.341. The summed E-state index contributed by atoms with van der Waals surface area (Å²) in [7, 11) is 0. The number of benzene rings is 2. The van der Waals surface area contributed by atoms with Crippen molar-refractivity contribution in [2.75, 3.05) is 6.54 Å². The quantitative estimate of drug-likeness (QED) is 0.497. The summed E-state index contributed by atoms with van der Waals surface area (Å²) in [5.41, 5.74) is 0.787. The number of hydrogen-bond donors (Lipinski definition) is 0. The Morgan fingerprint density at radius 3 is 2.47 bits per heavy atom. The van der Waals surface area contributed by atoms with Crippen LogP contribution in [0.5, 0.6) is 5.75 Å². The molecule has 1 heterocycles. The molecule has 0 radical (unpaired) electrons. The Balaban J connectivity index is 1.74. The highest BCUT2D eigenvalue weighted by atomic mass is 35.5. The summed E-state index contributed by atoms with van der Waals surface area (Å²) in [4.78, 5) is 14.3. The number of ether oxygens (including phenoxy) is 1. The molecule has 6 nitrogen and oxygen atoms in total. The molecule has 2 aromatic carbocycles. The number of carbonyl (C=O) groups is 1. The van der Waals surface area contributed by atoms with Crippen LogP contribution in [0.2, 0.25) is 5.02 Å². The van der Waals surface area contributed by atoms with Gasteiger partial charge >= 0.3 is 6.36 Å². The first-order valence-electron chi connectivity index (χ1n) is 8.99. The van der Waals surface area contributed by atoms with Crippen LogP contribution in [0.15, 0.2) is 52.9 Å². The van der Waals surface area contributed by atoms with Crippen LogP contribution in [0.3, 0.4) is 0 Å². The summed E-state index contributed by atoms with van der Waals surface area (Å²) >= 11 is 6.13. The van der Waals surface area contributed by atoms with Crippen molar-refractivity contribution in [3.8, 4) is 17.2 Å². The third-order valence-electron chi connectivity index (χ3n) is 4.01. The number of alkyl halides is 3. The van der Waals surface area contributed by atoms with Crippen LogP contribution in [-0.4, -0.2) is 33.9 Å². The summed E-state index contributed by atoms with van der Waals surface area (Å²) in [5, 5.41) is 8.40. The number of hydrogen-bond acceptors (Lipinski definition) is 5. The molecule has 30 heavy (non-hydrogen) atoms. The molecule has 3 rings (SSSR count). The molecule has 0 saturated carbocycles. The van der Waals surface area contributed by atoms with E-state index in [0.717, 1.165) is 12.1 Å². The first-order chi connectivity index (χ1) is 14.3. The molecule has 0 N–H and O–H groups in total. The summed E-state index contributed by atoms with van der Waals surface area (Å²) in [6.45, 7) is 2.33. The fourth-order valence-electron chi connectivity index (χ4n) is 2.73. The van der Waals surface area contributed by atoms with E-state index in [9.17, 15) is 18.0 Å². The molecule has 0 aliphatic rings. The maximum atomic E-state index is 12.8. The van der Waals surface area contributed by atoms with Crippen LogP contribution in [0.25, 0.3) is 11.5 Å². The molecule has 10 heteroatoms. The first kappa shape index (κ1) is 21.6. The topological polar surface area (TPSA) is 68.5 Å². The summed E-state index contributed by atoms with van der Waals surface area (Å²) in [6.07, 6.45) is -4.14. The Labute approximate surface area is 175 Å². The zero-order chi connectivity index (χ0) is 21.7. The van der Waals surface area contributed by atoms with Gasteiger partial charge in [0.15, 0.2) is 0 Å². The van der Waals surface area contributed by atoms with Gasteiger partial charge in [-0.3, -0.25) is 4.79 Å². The van der Waals surface area contributed by atoms with Crippen LogP contribution in [0.1, 0.15) is 29.6 Å². The monoisotopic (exact) mass is 439 g/mol. The molecule has 1 amide bonds. The van der Waals surface area contributed by atoms with Crippen LogP contribution >= 0.6 is 11.6 Å². The van der Waals surface area contributed by atoms with Crippen molar-refractivity contribution in [3.05, 3.63) is 65.0 Å². The maximum absolute atomic E-state index is 12.8. The Bertz CT molecular complexity index is 1010. The molecule has 3 aromatic rings. The van der Waals surface area contributed by atoms with Gasteiger partial charge in [0.1, 0.15) is 5.75 Å². The number of halogens is 4. The molecule has 0 aliphatic heterocycles. The normalized spacial score (nSPS) is 11.4. The number of carbonyl (C=O) groups excluding carboxylic acids is 1. The molecule has 0 unspecified atom stereocenters. The molecule has 0 bridgehead atoms. The van der Waals surface area contributed by atoms with Gasteiger partial charge < -0.3 is 14.1 Å². The van der Waals surface area contributed by atoms with E-state index < -0.39 is 12.1 Å². The maximum Gasteiger partial charge on any atom is 0.573 e. The second-order valence-electron chi connectivity index (χ2n) is 6.28. The second-order valence-corrected chi connectivity index (χ2v) is 6.69. The minimum absolute atomic E-state index is 0.0466. The fraction of sp³-hybridized carbons (Fsp3) is 0.250. The molecule has 0 spiro atoms. The molecule has 0 atom stereocenters. The van der Waals surface area contributed by atoms with Gasteiger partial charge in [-0.1, -0.05) is 30.7 Å². The van der Waals surface area contributed by atoms with Gasteiger partial charge in [-0.25, -0.2) is 0 Å². The van der Waals surface area contributed by atoms with E-state index in [4.69, 9.17) is 16.0 Å². The third kappa shape index (κ3) is 5.50. The van der Waals surface area contributed by atoms with Crippen molar-refractivity contribution in [1.29, 1.82) is 0 Å². The number of rotatable bonds is 7. The first-order valence-corrected chi connectivity index (χ1v) is 9.37. The number of amides is 1. The molecular formula is C20H17ClF3N3O3. The largest absolute Gasteiger partial charge is 0.573 e. The van der Waals surface area contributed by atoms with E-state index in [2.05, 4.69) is 14.9 Å². The van der Waals surface area contributed by atoms with Gasteiger partial charge in [0.2, 0.25) is 11.8 Å². The zero-order valence-corrected chi connectivity index (χ0v) is 16.6. The van der Waals surface area contributed by atoms with E-state index in [1.807, 2.05) is 6.92 Å². The van der Waals surface area contributed by atoms with Crippen molar-refractivity contribution in [1.82, 2.24) is 15.1 Å². The minimum Gasteiger partial charge on any atom is -0.419 e. The Kier molecular flexibility index (Phi) is 6.61. The van der Waals surface area contributed by atoms with Gasteiger partial charge in [-0.2, -0.15) is 0 Å². The molecule has 0 aliphatic carbocycles. The number of nitrogens with zero attached hydrogens (tertiary/aromatic N) is 3. The lowest BCUT2D eigenvalue weighted by Crippen LogP contribution is -2.31. The van der Waals surface area contributed by atoms with E-state index in [1.54, 1.807) is 24.3 Å². The summed E-state index contributed by atoms with van der Waals surface area (Å²) < 4.78 is 46.3. The second kappa shape index (κ2) is 9.17. The Morgan fingerprint density at radius 2 is 1.83 bits per heavy atom. The molecule has 1 aromatic heterocycles. The Morgan fingerprint density at radius 1 is 1.13 bits per heavy atom. The average Bonchev–Trinajstić information content (AvgIpc) is 3.15. The molecule has 0 saturated heterocycles. The van der Waals surface area contributed by atoms with Gasteiger partial charge in [0.25, 0.3) is 5.91 Å². The molecule has 0 fully saturated rings. The standard InChI is InChI=1S/C20H17ClF3N3O3/c1-2-11-27(19(28)13-7-9-14(10-8-13)30-20(22,23)24)12-17-25-26-18(29-17)15-5-3-4-6-16(15)21/h3-10H,2,11-12H2,1H3. The predicted octanol–water partition coefficient (Wildman–Crippen LogP) is 5.34. The molecular weight excluding hydrogens is 423 g/mol. The Hall–Kier alpha value is -3.07. The van der Waals surface area contributed by atoms with Crippen molar-refractivity contribution in [3.63, 3.8) is 0 Å². The smallest absolute Gasteiger partial charge is 0.419 e. The van der Waals surface area contributed by atoms with Crippen LogP contribution < -0.4 is 4.74 Å². The lowest BCUT2D eigenvalue weighted by Gasteiger charge is -2.20. The predicted molar refractivity (Wildman–Crippen MR) is 103 cm³/mol. The SMILES string of the molecule is CCCN(Cc1nnc(-c2ccccc2Cl)o1)C(=O)c1ccc(OC(F)(F)F)cc1. The van der Waals surface area contributed by atoms with Gasteiger partial charge in [0.05, 0.1) is 17.1 Å². The lowest BCUT2D eigenvalue weighted by molar-refractivity contribution is -0.274. The fourth-order valence-corrected chi connectivity index (χ4v) is 2.94. The van der Waals surface area contributed by atoms with Crippen molar-refractivity contribution in [2.45, 2.75) is 26.3 Å². The zero-order valence-electron chi connectivity index (χ0n) is 15.8. The lowest BCUT2D eigenvalue weighted by atomic mass is 10.2. The molecule has 158 valence electrons. The highest BCUT2D eigenvalue weighted by Crippen LogP contribution is 2.27. The van der Waals surface area contributed by atoms with Gasteiger partial charge in [0, 0.05) is 12.1 Å². The van der Waals surface area contributed by atoms with Gasteiger partial charge in [-0.05, 0) is 42.8 Å². The van der Waals surface area contributed by atoms with E-state index in [0.29, 0.717) is 23.6 Å². The highest BCUT2D eigenvalue weighted by molar-refractivity contribution is 6.33. The van der Waals surface area contributed by atoms with Gasteiger partial charge in [-0.15, -0.1) is 23.4 Å². The van der Waals surface area contributed by atoms with Crippen molar-refractivity contribution >= 4 is 17.5 Å². The van der Waals surface area contributed by atoms with Crippen molar-refractivity contribution in [2.24, 2.45) is 0 Å². The minimum atomic E-state index is -4.79. The van der Waals surface area contributed by atoms with Crippen LogP contribution in [0, 0.1) is 0 Å². The van der Waals surface area contributed by atoms with Crippen LogP contribution in [0.4, 0.5) is 13.2 Å². The summed E-state index contributed by atoms with van der Waals surface area (Å²) in [6, 6.07) is 11.7. The third-order valence-corrected chi connectivity index (χ3v) is 4.34. The van der Waals surface area contributed by atoms with E-state index >= 15 is 0 Å².